The number of hydrogen-bond donors (Lipinski definition) is 2. The largest absolute Gasteiger partial charge is 0.358 e. The summed E-state index contributed by atoms with van der Waals surface area (Å²) >= 11 is 0. The summed E-state index contributed by atoms with van der Waals surface area (Å²) in [6.07, 6.45) is 2.76. The quantitative estimate of drug-likeness (QED) is 0.888. The van der Waals surface area contributed by atoms with E-state index in [0.29, 0.717) is 18.7 Å². The highest BCUT2D eigenvalue weighted by Crippen LogP contribution is 2.22. The fourth-order valence-corrected chi connectivity index (χ4v) is 4.14. The Hall–Kier alpha value is -1.86. The Balaban J connectivity index is 1.76. The van der Waals surface area contributed by atoms with Crippen molar-refractivity contribution in [3.8, 4) is 0 Å². The van der Waals surface area contributed by atoms with Crippen LogP contribution in [0.5, 0.6) is 0 Å². The highest BCUT2D eigenvalue weighted by molar-refractivity contribution is 7.88. The fraction of sp³-hybridized carbons (Fsp3) is 0.471. The van der Waals surface area contributed by atoms with Gasteiger partial charge in [0.25, 0.3) is 5.91 Å². The number of sulfonamides is 1. The monoisotopic (exact) mass is 349 g/mol. The fourth-order valence-electron chi connectivity index (χ4n) is 3.23. The summed E-state index contributed by atoms with van der Waals surface area (Å²) in [4.78, 5) is 15.8. The Kier molecular flexibility index (Phi) is 4.40. The molecule has 0 bridgehead atoms. The molecule has 6 nitrogen and oxygen atoms in total. The average Bonchev–Trinajstić information content (AvgIpc) is 2.81. The number of fused-ring (bicyclic) bond motifs is 1. The summed E-state index contributed by atoms with van der Waals surface area (Å²) in [6.45, 7) is 4.91. The van der Waals surface area contributed by atoms with Crippen molar-refractivity contribution in [2.24, 2.45) is 0 Å². The van der Waals surface area contributed by atoms with E-state index in [1.165, 1.54) is 10.6 Å². The van der Waals surface area contributed by atoms with Crippen molar-refractivity contribution < 1.29 is 13.2 Å². The number of carbonyl (C=O) groups is 1. The molecule has 1 unspecified atom stereocenters. The third kappa shape index (κ3) is 3.32. The van der Waals surface area contributed by atoms with E-state index in [0.717, 1.165) is 35.0 Å². The standard InChI is InChI=1S/C17H23N3O3S/c1-11-12(2)18-16-7-6-13(9-15(11)16)17(21)19-14-5-4-8-20(10-14)24(3,22)23/h6-7,9,14,18H,4-5,8,10H2,1-3H3,(H,19,21). The van der Waals surface area contributed by atoms with Gasteiger partial charge in [-0.15, -0.1) is 0 Å². The van der Waals surface area contributed by atoms with Gasteiger partial charge in [0.15, 0.2) is 0 Å². The molecule has 1 amide bonds. The van der Waals surface area contributed by atoms with Crippen molar-refractivity contribution in [3.63, 3.8) is 0 Å². The van der Waals surface area contributed by atoms with Crippen molar-refractivity contribution >= 4 is 26.8 Å². The van der Waals surface area contributed by atoms with E-state index in [4.69, 9.17) is 0 Å². The highest BCUT2D eigenvalue weighted by atomic mass is 32.2. The number of aromatic nitrogens is 1. The van der Waals surface area contributed by atoms with E-state index in [1.54, 1.807) is 6.07 Å². The van der Waals surface area contributed by atoms with Gasteiger partial charge in [0, 0.05) is 41.3 Å². The Morgan fingerprint density at radius 3 is 2.79 bits per heavy atom. The van der Waals surface area contributed by atoms with Gasteiger partial charge in [-0.25, -0.2) is 12.7 Å². The van der Waals surface area contributed by atoms with Gasteiger partial charge in [-0.1, -0.05) is 0 Å². The first kappa shape index (κ1) is 17.0. The summed E-state index contributed by atoms with van der Waals surface area (Å²) in [5.74, 6) is -0.157. The third-order valence-electron chi connectivity index (χ3n) is 4.76. The molecule has 1 aliphatic heterocycles. The molecule has 7 heteroatoms. The molecule has 130 valence electrons. The molecule has 2 aromatic rings. The zero-order valence-corrected chi connectivity index (χ0v) is 15.0. The second-order valence-corrected chi connectivity index (χ2v) is 8.55. The molecular formula is C17H23N3O3S. The van der Waals surface area contributed by atoms with Crippen LogP contribution in [0.2, 0.25) is 0 Å². The summed E-state index contributed by atoms with van der Waals surface area (Å²) in [5.41, 5.74) is 3.85. The first-order chi connectivity index (χ1) is 11.3. The van der Waals surface area contributed by atoms with Crippen LogP contribution < -0.4 is 5.32 Å². The van der Waals surface area contributed by atoms with Crippen LogP contribution >= 0.6 is 0 Å². The SMILES string of the molecule is Cc1[nH]c2ccc(C(=O)NC3CCCN(S(C)(=O)=O)C3)cc2c1C. The number of H-pyrrole nitrogens is 1. The lowest BCUT2D eigenvalue weighted by Gasteiger charge is -2.31. The van der Waals surface area contributed by atoms with Crippen LogP contribution in [0.4, 0.5) is 0 Å². The number of hydrogen-bond acceptors (Lipinski definition) is 3. The minimum atomic E-state index is -3.21. The number of piperidine rings is 1. The van der Waals surface area contributed by atoms with E-state index in [-0.39, 0.29) is 11.9 Å². The van der Waals surface area contributed by atoms with E-state index in [9.17, 15) is 13.2 Å². The number of nitrogens with zero attached hydrogens (tertiary/aromatic N) is 1. The summed E-state index contributed by atoms with van der Waals surface area (Å²) in [6, 6.07) is 5.45. The number of rotatable bonds is 3. The molecule has 1 atom stereocenters. The van der Waals surface area contributed by atoms with E-state index in [2.05, 4.69) is 10.3 Å². The van der Waals surface area contributed by atoms with Crippen LogP contribution in [-0.4, -0.2) is 49.0 Å². The molecule has 0 spiro atoms. The van der Waals surface area contributed by atoms with Crippen LogP contribution in [0.15, 0.2) is 18.2 Å². The second-order valence-electron chi connectivity index (χ2n) is 6.57. The number of benzene rings is 1. The number of nitrogens with one attached hydrogen (secondary N) is 2. The molecule has 24 heavy (non-hydrogen) atoms. The molecule has 2 heterocycles. The lowest BCUT2D eigenvalue weighted by Crippen LogP contribution is -2.49. The molecule has 0 aliphatic carbocycles. The smallest absolute Gasteiger partial charge is 0.251 e. The van der Waals surface area contributed by atoms with Gasteiger partial charge in [-0.2, -0.15) is 0 Å². The first-order valence-electron chi connectivity index (χ1n) is 8.10. The van der Waals surface area contributed by atoms with Gasteiger partial charge in [-0.05, 0) is 50.5 Å². The van der Waals surface area contributed by atoms with Crippen molar-refractivity contribution in [2.45, 2.75) is 32.7 Å². The maximum absolute atomic E-state index is 12.5. The van der Waals surface area contributed by atoms with Gasteiger partial charge in [-0.3, -0.25) is 4.79 Å². The normalized spacial score (nSPS) is 19.5. The highest BCUT2D eigenvalue weighted by Gasteiger charge is 2.27. The lowest BCUT2D eigenvalue weighted by molar-refractivity contribution is 0.0921. The minimum absolute atomic E-state index is 0.147. The third-order valence-corrected chi connectivity index (χ3v) is 6.03. The number of aryl methyl sites for hydroxylation is 2. The topological polar surface area (TPSA) is 82.3 Å². The summed E-state index contributed by atoms with van der Waals surface area (Å²) < 4.78 is 24.8. The van der Waals surface area contributed by atoms with Crippen molar-refractivity contribution in [1.29, 1.82) is 0 Å². The molecule has 1 saturated heterocycles. The summed E-state index contributed by atoms with van der Waals surface area (Å²) in [5, 5.41) is 4.02. The van der Waals surface area contributed by atoms with Gasteiger partial charge >= 0.3 is 0 Å². The number of carbonyl (C=O) groups excluding carboxylic acids is 1. The van der Waals surface area contributed by atoms with Crippen LogP contribution in [0.3, 0.4) is 0 Å². The minimum Gasteiger partial charge on any atom is -0.358 e. The first-order valence-corrected chi connectivity index (χ1v) is 9.95. The maximum Gasteiger partial charge on any atom is 0.251 e. The Morgan fingerprint density at radius 1 is 1.33 bits per heavy atom. The molecule has 1 aromatic carbocycles. The number of amides is 1. The maximum atomic E-state index is 12.5. The van der Waals surface area contributed by atoms with E-state index >= 15 is 0 Å². The lowest BCUT2D eigenvalue weighted by atomic mass is 10.1. The average molecular weight is 349 g/mol. The molecule has 0 saturated carbocycles. The second kappa shape index (κ2) is 6.22. The van der Waals surface area contributed by atoms with Crippen molar-refractivity contribution in [3.05, 3.63) is 35.0 Å². The zero-order valence-electron chi connectivity index (χ0n) is 14.2. The molecule has 1 aliphatic rings. The summed E-state index contributed by atoms with van der Waals surface area (Å²) in [7, 11) is -3.21. The van der Waals surface area contributed by atoms with Crippen LogP contribution in [0.25, 0.3) is 10.9 Å². The zero-order chi connectivity index (χ0) is 17.5. The Labute approximate surface area is 142 Å². The van der Waals surface area contributed by atoms with Crippen LogP contribution in [-0.2, 0) is 10.0 Å². The van der Waals surface area contributed by atoms with Crippen molar-refractivity contribution in [1.82, 2.24) is 14.6 Å². The van der Waals surface area contributed by atoms with Gasteiger partial charge in [0.05, 0.1) is 6.26 Å². The Morgan fingerprint density at radius 2 is 2.08 bits per heavy atom. The van der Waals surface area contributed by atoms with E-state index < -0.39 is 10.0 Å². The van der Waals surface area contributed by atoms with Crippen LogP contribution in [0, 0.1) is 13.8 Å². The van der Waals surface area contributed by atoms with Crippen molar-refractivity contribution in [2.75, 3.05) is 19.3 Å². The molecule has 0 radical (unpaired) electrons. The molecule has 1 fully saturated rings. The molecule has 3 rings (SSSR count). The van der Waals surface area contributed by atoms with Gasteiger partial charge < -0.3 is 10.3 Å². The number of aromatic amines is 1. The molecule has 2 N–H and O–H groups in total. The molecule has 1 aromatic heterocycles. The van der Waals surface area contributed by atoms with Gasteiger partial charge in [0.1, 0.15) is 0 Å². The van der Waals surface area contributed by atoms with Gasteiger partial charge in [0.2, 0.25) is 10.0 Å². The molecular weight excluding hydrogens is 326 g/mol. The van der Waals surface area contributed by atoms with E-state index in [1.807, 2.05) is 26.0 Å². The predicted molar refractivity (Wildman–Crippen MR) is 94.7 cm³/mol. The Bertz CT molecular complexity index is 886. The predicted octanol–water partition coefficient (Wildman–Crippen LogP) is 1.94. The van der Waals surface area contributed by atoms with Crippen LogP contribution in [0.1, 0.15) is 34.5 Å².